The van der Waals surface area contributed by atoms with E-state index in [2.05, 4.69) is 21.4 Å². The van der Waals surface area contributed by atoms with Gasteiger partial charge in [0.2, 0.25) is 0 Å². The lowest BCUT2D eigenvalue weighted by Gasteiger charge is -2.23. The fourth-order valence-electron chi connectivity index (χ4n) is 4.94. The van der Waals surface area contributed by atoms with Crippen LogP contribution in [0.2, 0.25) is 5.02 Å². The Morgan fingerprint density at radius 2 is 1.63 bits per heavy atom. The van der Waals surface area contributed by atoms with Crippen LogP contribution in [-0.4, -0.2) is 38.9 Å². The Labute approximate surface area is 221 Å². The molecule has 4 aromatic rings. The SMILES string of the molecule is Cn1ncc(-c2ccc3c(c2)C(CN2C(=O)c4ccccc4C2=O)N=NC3=O)c1-c1ccc(Cl)cc1C#N. The van der Waals surface area contributed by atoms with Crippen molar-refractivity contribution in [2.24, 2.45) is 17.3 Å². The van der Waals surface area contributed by atoms with Crippen LogP contribution in [0.25, 0.3) is 22.4 Å². The normalized spacial score (nSPS) is 16.0. The highest BCUT2D eigenvalue weighted by atomic mass is 35.5. The van der Waals surface area contributed by atoms with Gasteiger partial charge < -0.3 is 0 Å². The Kier molecular flexibility index (Phi) is 5.47. The van der Waals surface area contributed by atoms with E-state index < -0.39 is 23.8 Å². The van der Waals surface area contributed by atoms with Gasteiger partial charge in [-0.2, -0.15) is 15.5 Å². The zero-order chi connectivity index (χ0) is 26.6. The number of hydrogen-bond donors (Lipinski definition) is 0. The average molecular weight is 521 g/mol. The van der Waals surface area contributed by atoms with E-state index in [0.717, 1.165) is 16.0 Å². The van der Waals surface area contributed by atoms with Gasteiger partial charge in [-0.05, 0) is 53.6 Å². The molecule has 0 fully saturated rings. The number of nitriles is 1. The minimum Gasteiger partial charge on any atom is -0.272 e. The summed E-state index contributed by atoms with van der Waals surface area (Å²) in [6.45, 7) is -0.0603. The molecular weight excluding hydrogens is 504 g/mol. The van der Waals surface area contributed by atoms with Gasteiger partial charge in [0.1, 0.15) is 6.04 Å². The first-order valence-electron chi connectivity index (χ1n) is 11.6. The number of amides is 3. The van der Waals surface area contributed by atoms with Gasteiger partial charge in [-0.25, -0.2) is 0 Å². The molecule has 0 spiro atoms. The fourth-order valence-corrected chi connectivity index (χ4v) is 5.11. The van der Waals surface area contributed by atoms with Gasteiger partial charge in [0.15, 0.2) is 0 Å². The molecule has 0 radical (unpaired) electrons. The Morgan fingerprint density at radius 1 is 0.921 bits per heavy atom. The lowest BCUT2D eigenvalue weighted by atomic mass is 9.92. The zero-order valence-corrected chi connectivity index (χ0v) is 20.7. The number of hydrogen-bond acceptors (Lipinski definition) is 6. The van der Waals surface area contributed by atoms with Crippen LogP contribution in [-0.2, 0) is 7.05 Å². The predicted octanol–water partition coefficient (Wildman–Crippen LogP) is 5.22. The second kappa shape index (κ2) is 8.87. The molecule has 3 aromatic carbocycles. The van der Waals surface area contributed by atoms with Crippen LogP contribution >= 0.6 is 11.6 Å². The van der Waals surface area contributed by atoms with Crippen LogP contribution in [0, 0.1) is 11.3 Å². The molecule has 9 nitrogen and oxygen atoms in total. The predicted molar refractivity (Wildman–Crippen MR) is 138 cm³/mol. The van der Waals surface area contributed by atoms with Crippen LogP contribution in [0.3, 0.4) is 0 Å². The second-order valence-electron chi connectivity index (χ2n) is 8.94. The van der Waals surface area contributed by atoms with Gasteiger partial charge in [-0.3, -0.25) is 24.0 Å². The van der Waals surface area contributed by atoms with Crippen LogP contribution in [0.1, 0.15) is 48.2 Å². The second-order valence-corrected chi connectivity index (χ2v) is 9.37. The minimum absolute atomic E-state index is 0.0603. The molecule has 0 aliphatic carbocycles. The fraction of sp³-hybridized carbons (Fsp3) is 0.107. The maximum atomic E-state index is 13.0. The molecule has 38 heavy (non-hydrogen) atoms. The van der Waals surface area contributed by atoms with E-state index in [1.165, 1.54) is 0 Å². The van der Waals surface area contributed by atoms with Crippen LogP contribution in [0.5, 0.6) is 0 Å². The molecular formula is C28H17ClN6O3. The highest BCUT2D eigenvalue weighted by molar-refractivity contribution is 6.30. The summed E-state index contributed by atoms with van der Waals surface area (Å²) in [5.74, 6) is -1.31. The molecule has 184 valence electrons. The van der Waals surface area contributed by atoms with Gasteiger partial charge in [-0.15, -0.1) is 5.11 Å². The number of aryl methyl sites for hydroxylation is 1. The molecule has 1 aromatic heterocycles. The average Bonchev–Trinajstić information content (AvgIpc) is 3.43. The number of halogens is 1. The number of carbonyl (C=O) groups is 3. The Hall–Kier alpha value is -4.94. The van der Waals surface area contributed by atoms with Crippen molar-refractivity contribution in [3.8, 4) is 28.5 Å². The summed E-state index contributed by atoms with van der Waals surface area (Å²) in [6.07, 6.45) is 1.68. The summed E-state index contributed by atoms with van der Waals surface area (Å²) in [4.78, 5) is 39.6. The number of aromatic nitrogens is 2. The third-order valence-corrected chi connectivity index (χ3v) is 7.00. The lowest BCUT2D eigenvalue weighted by molar-refractivity contribution is 0.0643. The van der Waals surface area contributed by atoms with E-state index in [-0.39, 0.29) is 6.54 Å². The van der Waals surface area contributed by atoms with Crippen molar-refractivity contribution < 1.29 is 14.4 Å². The Balaban J connectivity index is 1.41. The number of benzene rings is 3. The van der Waals surface area contributed by atoms with Crippen molar-refractivity contribution in [3.63, 3.8) is 0 Å². The third kappa shape index (κ3) is 3.62. The molecule has 3 amide bonds. The summed E-state index contributed by atoms with van der Waals surface area (Å²) in [5.41, 5.74) is 4.77. The summed E-state index contributed by atoms with van der Waals surface area (Å²) in [6, 6.07) is 18.4. The molecule has 0 bridgehead atoms. The van der Waals surface area contributed by atoms with Crippen molar-refractivity contribution in [2.45, 2.75) is 6.04 Å². The summed E-state index contributed by atoms with van der Waals surface area (Å²) in [7, 11) is 1.77. The quantitative estimate of drug-likeness (QED) is 0.341. The van der Waals surface area contributed by atoms with Crippen LogP contribution in [0.4, 0.5) is 0 Å². The molecule has 1 unspecified atom stereocenters. The molecule has 2 aliphatic heterocycles. The number of imide groups is 1. The minimum atomic E-state index is -0.727. The van der Waals surface area contributed by atoms with Crippen molar-refractivity contribution in [1.82, 2.24) is 14.7 Å². The molecule has 2 aliphatic rings. The Bertz CT molecular complexity index is 1730. The maximum absolute atomic E-state index is 13.0. The molecule has 6 rings (SSSR count). The van der Waals surface area contributed by atoms with Crippen LogP contribution in [0.15, 0.2) is 77.1 Å². The number of rotatable bonds is 4. The van der Waals surface area contributed by atoms with Gasteiger partial charge in [-0.1, -0.05) is 29.8 Å². The van der Waals surface area contributed by atoms with Gasteiger partial charge in [0.25, 0.3) is 17.7 Å². The number of carbonyl (C=O) groups excluding carboxylic acids is 3. The van der Waals surface area contributed by atoms with E-state index >= 15 is 0 Å². The lowest BCUT2D eigenvalue weighted by Crippen LogP contribution is -2.34. The van der Waals surface area contributed by atoms with Crippen molar-refractivity contribution in [1.29, 1.82) is 5.26 Å². The van der Waals surface area contributed by atoms with Crippen molar-refractivity contribution in [2.75, 3.05) is 6.54 Å². The first-order valence-corrected chi connectivity index (χ1v) is 12.0. The smallest absolute Gasteiger partial charge is 0.272 e. The molecule has 0 saturated heterocycles. The third-order valence-electron chi connectivity index (χ3n) is 6.77. The van der Waals surface area contributed by atoms with E-state index in [0.29, 0.717) is 44.1 Å². The van der Waals surface area contributed by atoms with E-state index in [4.69, 9.17) is 11.6 Å². The van der Waals surface area contributed by atoms with E-state index in [9.17, 15) is 19.6 Å². The zero-order valence-electron chi connectivity index (χ0n) is 19.9. The largest absolute Gasteiger partial charge is 0.295 e. The summed E-state index contributed by atoms with van der Waals surface area (Å²) < 4.78 is 1.67. The Morgan fingerprint density at radius 3 is 2.34 bits per heavy atom. The van der Waals surface area contributed by atoms with Gasteiger partial charge in [0, 0.05) is 28.8 Å². The molecule has 3 heterocycles. The first kappa shape index (κ1) is 23.5. The van der Waals surface area contributed by atoms with Crippen LogP contribution < -0.4 is 0 Å². The van der Waals surface area contributed by atoms with Crippen molar-refractivity contribution >= 4 is 29.3 Å². The summed E-state index contributed by atoms with van der Waals surface area (Å²) in [5, 5.41) is 22.5. The van der Waals surface area contributed by atoms with E-state index in [1.54, 1.807) is 78.6 Å². The molecule has 0 N–H and O–H groups in total. The molecule has 10 heteroatoms. The van der Waals surface area contributed by atoms with Crippen molar-refractivity contribution in [3.05, 3.63) is 99.7 Å². The highest BCUT2D eigenvalue weighted by Gasteiger charge is 2.38. The molecule has 0 saturated carbocycles. The van der Waals surface area contributed by atoms with Gasteiger partial charge in [0.05, 0.1) is 41.2 Å². The highest BCUT2D eigenvalue weighted by Crippen LogP contribution is 2.38. The monoisotopic (exact) mass is 520 g/mol. The standard InChI is InChI=1S/C28H17ClN6O3/c1-34-25(18-9-7-17(29)10-16(18)12-30)23(13-31-34)15-6-8-19-22(11-15)24(32-33-26(19)36)14-35-27(37)20-4-2-3-5-21(20)28(35)38/h2-11,13,24H,14H2,1H3. The van der Waals surface area contributed by atoms with E-state index in [1.807, 2.05) is 0 Å². The topological polar surface area (TPSA) is 121 Å². The van der Waals surface area contributed by atoms with Gasteiger partial charge >= 0.3 is 0 Å². The maximum Gasteiger partial charge on any atom is 0.295 e. The number of azo groups is 1. The number of nitrogens with zero attached hydrogens (tertiary/aromatic N) is 6. The first-order chi connectivity index (χ1) is 18.4. The summed E-state index contributed by atoms with van der Waals surface area (Å²) >= 11 is 6.11. The molecule has 1 atom stereocenters. The number of fused-ring (bicyclic) bond motifs is 2.